The fraction of sp³-hybridized carbons (Fsp3) is 0.714. The van der Waals surface area contributed by atoms with Gasteiger partial charge in [0.2, 0.25) is 0 Å². The molecule has 1 aromatic heterocycles. The maximum atomic E-state index is 11.4. The standard InChI is InChI=1S/C14H21NO2S2/c1-2-17-14(16)8-11-9-19-13(15-11)10-18-12-6-4-3-5-7-12/h9,12H,2-8,10H2,1H3. The smallest absolute Gasteiger partial charge is 0.311 e. The third-order valence-corrected chi connectivity index (χ3v) is 5.69. The van der Waals surface area contributed by atoms with E-state index in [0.717, 1.165) is 21.7 Å². The molecule has 1 aliphatic carbocycles. The summed E-state index contributed by atoms with van der Waals surface area (Å²) in [6.45, 7) is 2.26. The van der Waals surface area contributed by atoms with E-state index < -0.39 is 0 Å². The van der Waals surface area contributed by atoms with Gasteiger partial charge < -0.3 is 4.74 Å². The van der Waals surface area contributed by atoms with Crippen LogP contribution in [-0.4, -0.2) is 22.8 Å². The summed E-state index contributed by atoms with van der Waals surface area (Å²) in [5.41, 5.74) is 0.850. The second-order valence-electron chi connectivity index (χ2n) is 4.79. The normalized spacial score (nSPS) is 16.5. The molecule has 0 aliphatic heterocycles. The molecule has 5 heteroatoms. The Labute approximate surface area is 123 Å². The molecule has 0 saturated heterocycles. The van der Waals surface area contributed by atoms with Gasteiger partial charge in [-0.05, 0) is 19.8 Å². The van der Waals surface area contributed by atoms with Gasteiger partial charge in [0.1, 0.15) is 5.01 Å². The minimum atomic E-state index is -0.181. The molecule has 1 aromatic rings. The number of hydrogen-bond acceptors (Lipinski definition) is 5. The summed E-state index contributed by atoms with van der Waals surface area (Å²) < 4.78 is 4.93. The molecule has 1 fully saturated rings. The van der Waals surface area contributed by atoms with Crippen LogP contribution < -0.4 is 0 Å². The summed E-state index contributed by atoms with van der Waals surface area (Å²) in [5, 5.41) is 3.93. The molecule has 19 heavy (non-hydrogen) atoms. The van der Waals surface area contributed by atoms with E-state index in [4.69, 9.17) is 4.74 Å². The summed E-state index contributed by atoms with van der Waals surface area (Å²) in [4.78, 5) is 15.9. The fourth-order valence-electron chi connectivity index (χ4n) is 2.28. The molecule has 0 bridgehead atoms. The van der Waals surface area contributed by atoms with Crippen molar-refractivity contribution in [3.8, 4) is 0 Å². The van der Waals surface area contributed by atoms with Crippen molar-refractivity contribution in [1.82, 2.24) is 4.98 Å². The number of thioether (sulfide) groups is 1. The Bertz CT molecular complexity index is 400. The van der Waals surface area contributed by atoms with Crippen LogP contribution in [0.5, 0.6) is 0 Å². The minimum absolute atomic E-state index is 0.181. The van der Waals surface area contributed by atoms with Crippen LogP contribution in [0.15, 0.2) is 5.38 Å². The minimum Gasteiger partial charge on any atom is -0.466 e. The van der Waals surface area contributed by atoms with E-state index in [1.807, 2.05) is 24.1 Å². The van der Waals surface area contributed by atoms with Crippen molar-refractivity contribution in [2.24, 2.45) is 0 Å². The molecule has 1 saturated carbocycles. The summed E-state index contributed by atoms with van der Waals surface area (Å²) in [7, 11) is 0. The quantitative estimate of drug-likeness (QED) is 0.749. The molecule has 106 valence electrons. The van der Waals surface area contributed by atoms with Crippen LogP contribution in [0.2, 0.25) is 0 Å². The lowest BCUT2D eigenvalue weighted by Crippen LogP contribution is -2.08. The molecule has 0 atom stereocenters. The lowest BCUT2D eigenvalue weighted by molar-refractivity contribution is -0.142. The van der Waals surface area contributed by atoms with Crippen LogP contribution in [0.1, 0.15) is 49.7 Å². The molecular weight excluding hydrogens is 278 g/mol. The molecule has 0 unspecified atom stereocenters. The average Bonchev–Trinajstić information content (AvgIpc) is 2.85. The first-order valence-electron chi connectivity index (χ1n) is 6.98. The lowest BCUT2D eigenvalue weighted by atomic mass is 10.0. The zero-order chi connectivity index (χ0) is 13.5. The van der Waals surface area contributed by atoms with Crippen molar-refractivity contribution in [3.05, 3.63) is 16.1 Å². The van der Waals surface area contributed by atoms with E-state index in [-0.39, 0.29) is 5.97 Å². The summed E-state index contributed by atoms with van der Waals surface area (Å²) in [5.74, 6) is 0.803. The van der Waals surface area contributed by atoms with Gasteiger partial charge in [-0.3, -0.25) is 4.79 Å². The fourth-order valence-corrected chi connectivity index (χ4v) is 4.44. The monoisotopic (exact) mass is 299 g/mol. The number of rotatable bonds is 6. The van der Waals surface area contributed by atoms with Crippen molar-refractivity contribution in [3.63, 3.8) is 0 Å². The van der Waals surface area contributed by atoms with Crippen molar-refractivity contribution in [2.75, 3.05) is 6.61 Å². The maximum Gasteiger partial charge on any atom is 0.311 e. The van der Waals surface area contributed by atoms with Gasteiger partial charge in [0.25, 0.3) is 0 Å². The molecule has 0 radical (unpaired) electrons. The van der Waals surface area contributed by atoms with Gasteiger partial charge in [0, 0.05) is 16.4 Å². The molecule has 0 N–H and O–H groups in total. The SMILES string of the molecule is CCOC(=O)Cc1csc(CSC2CCCCC2)n1. The molecule has 0 aromatic carbocycles. The highest BCUT2D eigenvalue weighted by Crippen LogP contribution is 2.31. The van der Waals surface area contributed by atoms with Crippen LogP contribution >= 0.6 is 23.1 Å². The Morgan fingerprint density at radius 1 is 1.47 bits per heavy atom. The Hall–Kier alpha value is -0.550. The Kier molecular flexibility index (Phi) is 6.17. The number of nitrogens with zero attached hydrogens (tertiary/aromatic N) is 1. The van der Waals surface area contributed by atoms with E-state index in [1.54, 1.807) is 11.3 Å². The second-order valence-corrected chi connectivity index (χ2v) is 7.02. The van der Waals surface area contributed by atoms with Crippen LogP contribution in [-0.2, 0) is 21.7 Å². The van der Waals surface area contributed by atoms with Crippen molar-refractivity contribution >= 4 is 29.1 Å². The van der Waals surface area contributed by atoms with Crippen LogP contribution in [0.4, 0.5) is 0 Å². The lowest BCUT2D eigenvalue weighted by Gasteiger charge is -2.20. The summed E-state index contributed by atoms with van der Waals surface area (Å²) in [6.07, 6.45) is 7.17. The third-order valence-electron chi connectivity index (χ3n) is 3.22. The van der Waals surface area contributed by atoms with E-state index in [1.165, 1.54) is 32.1 Å². The Balaban J connectivity index is 1.75. The van der Waals surface area contributed by atoms with Crippen molar-refractivity contribution in [1.29, 1.82) is 0 Å². The van der Waals surface area contributed by atoms with E-state index in [0.29, 0.717) is 13.0 Å². The van der Waals surface area contributed by atoms with Crippen LogP contribution in [0, 0.1) is 0 Å². The second kappa shape index (κ2) is 7.90. The maximum absolute atomic E-state index is 11.4. The molecule has 0 amide bonds. The number of carbonyl (C=O) groups excluding carboxylic acids is 1. The van der Waals surface area contributed by atoms with E-state index in [2.05, 4.69) is 4.98 Å². The van der Waals surface area contributed by atoms with Gasteiger partial charge >= 0.3 is 5.97 Å². The van der Waals surface area contributed by atoms with Gasteiger partial charge in [-0.1, -0.05) is 19.3 Å². The first-order valence-corrected chi connectivity index (χ1v) is 8.91. The number of thiazole rings is 1. The number of ether oxygens (including phenoxy) is 1. The molecule has 1 aliphatic rings. The largest absolute Gasteiger partial charge is 0.466 e. The number of hydrogen-bond donors (Lipinski definition) is 0. The molecule has 0 spiro atoms. The van der Waals surface area contributed by atoms with Crippen molar-refractivity contribution in [2.45, 2.75) is 56.5 Å². The number of esters is 1. The number of aromatic nitrogens is 1. The predicted molar refractivity (Wildman–Crippen MR) is 80.6 cm³/mol. The van der Waals surface area contributed by atoms with Gasteiger partial charge in [0.05, 0.1) is 18.7 Å². The first kappa shape index (κ1) is 14.9. The summed E-state index contributed by atoms with van der Waals surface area (Å²) >= 11 is 3.68. The van der Waals surface area contributed by atoms with Gasteiger partial charge in [0.15, 0.2) is 0 Å². The highest BCUT2D eigenvalue weighted by atomic mass is 32.2. The van der Waals surface area contributed by atoms with Crippen LogP contribution in [0.3, 0.4) is 0 Å². The average molecular weight is 299 g/mol. The first-order chi connectivity index (χ1) is 9.28. The number of carbonyl (C=O) groups is 1. The van der Waals surface area contributed by atoms with Gasteiger partial charge in [-0.2, -0.15) is 11.8 Å². The van der Waals surface area contributed by atoms with Crippen LogP contribution in [0.25, 0.3) is 0 Å². The highest BCUT2D eigenvalue weighted by Gasteiger charge is 2.15. The zero-order valence-corrected chi connectivity index (χ0v) is 13.0. The third kappa shape index (κ3) is 5.15. The summed E-state index contributed by atoms with van der Waals surface area (Å²) in [6, 6.07) is 0. The van der Waals surface area contributed by atoms with Crippen molar-refractivity contribution < 1.29 is 9.53 Å². The van der Waals surface area contributed by atoms with Gasteiger partial charge in [-0.15, -0.1) is 11.3 Å². The molecule has 2 rings (SSSR count). The Morgan fingerprint density at radius 2 is 2.26 bits per heavy atom. The topological polar surface area (TPSA) is 39.2 Å². The molecular formula is C14H21NO2S2. The highest BCUT2D eigenvalue weighted by molar-refractivity contribution is 7.99. The van der Waals surface area contributed by atoms with E-state index >= 15 is 0 Å². The molecule has 3 nitrogen and oxygen atoms in total. The molecule has 1 heterocycles. The van der Waals surface area contributed by atoms with Gasteiger partial charge in [-0.25, -0.2) is 4.98 Å². The van der Waals surface area contributed by atoms with E-state index in [9.17, 15) is 4.79 Å². The Morgan fingerprint density at radius 3 is 3.00 bits per heavy atom. The zero-order valence-electron chi connectivity index (χ0n) is 11.4. The predicted octanol–water partition coefficient (Wildman–Crippen LogP) is 3.81.